The predicted molar refractivity (Wildman–Crippen MR) is 67.5 cm³/mol. The third-order valence-corrected chi connectivity index (χ3v) is 3.19. The van der Waals surface area contributed by atoms with E-state index >= 15 is 0 Å². The Morgan fingerprint density at radius 2 is 2.18 bits per heavy atom. The molecule has 1 aliphatic rings. The lowest BCUT2D eigenvalue weighted by Gasteiger charge is -2.22. The Labute approximate surface area is 104 Å². The summed E-state index contributed by atoms with van der Waals surface area (Å²) in [5, 5.41) is 11.7. The van der Waals surface area contributed by atoms with Crippen molar-refractivity contribution in [2.45, 2.75) is 18.9 Å². The van der Waals surface area contributed by atoms with Gasteiger partial charge in [0.05, 0.1) is 5.02 Å². The molecule has 0 amide bonds. The van der Waals surface area contributed by atoms with Crippen LogP contribution in [0.4, 0.5) is 5.95 Å². The third-order valence-electron chi connectivity index (χ3n) is 2.97. The highest BCUT2D eigenvalue weighted by Gasteiger charge is 2.14. The van der Waals surface area contributed by atoms with Gasteiger partial charge >= 0.3 is 0 Å². The van der Waals surface area contributed by atoms with Crippen LogP contribution in [-0.4, -0.2) is 33.7 Å². The van der Waals surface area contributed by atoms with E-state index < -0.39 is 0 Å². The average molecular weight is 252 g/mol. The van der Waals surface area contributed by atoms with Gasteiger partial charge in [-0.15, -0.1) is 5.10 Å². The summed E-state index contributed by atoms with van der Waals surface area (Å²) in [7, 11) is 0. The maximum Gasteiger partial charge on any atom is 0.243 e. The first-order valence-electron chi connectivity index (χ1n) is 5.80. The Kier molecular flexibility index (Phi) is 2.86. The van der Waals surface area contributed by atoms with Gasteiger partial charge in [0.25, 0.3) is 0 Å². The second-order valence-corrected chi connectivity index (χ2v) is 4.69. The fraction of sp³-hybridized carbons (Fsp3) is 0.455. The first kappa shape index (κ1) is 10.8. The second-order valence-electron chi connectivity index (χ2n) is 4.25. The van der Waals surface area contributed by atoms with E-state index in [0.29, 0.717) is 17.0 Å². The quantitative estimate of drug-likeness (QED) is 0.850. The zero-order chi connectivity index (χ0) is 11.7. The Hall–Kier alpha value is -1.33. The normalized spacial score (nSPS) is 17.5. The van der Waals surface area contributed by atoms with Gasteiger partial charge < -0.3 is 10.6 Å². The molecule has 17 heavy (non-hydrogen) atoms. The molecule has 0 aromatic carbocycles. The molecule has 2 aromatic rings. The molecule has 1 aliphatic heterocycles. The Balaban J connectivity index is 1.80. The molecule has 0 atom stereocenters. The topological polar surface area (TPSA) is 54.2 Å². The number of pyridine rings is 1. The Morgan fingerprint density at radius 3 is 3.00 bits per heavy atom. The molecular weight excluding hydrogens is 238 g/mol. The van der Waals surface area contributed by atoms with Crippen LogP contribution in [0.2, 0.25) is 5.02 Å². The molecule has 5 nitrogen and oxygen atoms in total. The first-order chi connectivity index (χ1) is 8.31. The van der Waals surface area contributed by atoms with Crippen molar-refractivity contribution in [2.24, 2.45) is 0 Å². The van der Waals surface area contributed by atoms with Crippen LogP contribution in [-0.2, 0) is 0 Å². The number of halogens is 1. The molecule has 0 saturated carbocycles. The zero-order valence-electron chi connectivity index (χ0n) is 9.36. The average Bonchev–Trinajstić information content (AvgIpc) is 2.71. The van der Waals surface area contributed by atoms with Crippen LogP contribution in [0.1, 0.15) is 12.8 Å². The highest BCUT2D eigenvalue weighted by atomic mass is 35.5. The van der Waals surface area contributed by atoms with E-state index in [-0.39, 0.29) is 0 Å². The minimum absolute atomic E-state index is 0.462. The number of fused-ring (bicyclic) bond motifs is 1. The van der Waals surface area contributed by atoms with E-state index in [9.17, 15) is 0 Å². The Bertz CT molecular complexity index is 518. The smallest absolute Gasteiger partial charge is 0.243 e. The molecule has 0 bridgehead atoms. The first-order valence-corrected chi connectivity index (χ1v) is 6.18. The van der Waals surface area contributed by atoms with E-state index in [1.165, 1.54) is 0 Å². The summed E-state index contributed by atoms with van der Waals surface area (Å²) < 4.78 is 1.70. The van der Waals surface area contributed by atoms with Crippen molar-refractivity contribution >= 4 is 23.2 Å². The van der Waals surface area contributed by atoms with Gasteiger partial charge in [0, 0.05) is 12.2 Å². The molecule has 3 heterocycles. The van der Waals surface area contributed by atoms with Crippen molar-refractivity contribution in [3.63, 3.8) is 0 Å². The van der Waals surface area contributed by atoms with Crippen LogP contribution < -0.4 is 10.6 Å². The molecule has 0 aliphatic carbocycles. The lowest BCUT2D eigenvalue weighted by molar-refractivity contribution is 0.477. The molecule has 2 aromatic heterocycles. The fourth-order valence-corrected chi connectivity index (χ4v) is 2.22. The number of aromatic nitrogens is 3. The van der Waals surface area contributed by atoms with Gasteiger partial charge in [0.2, 0.25) is 5.95 Å². The van der Waals surface area contributed by atoms with Crippen LogP contribution in [0.3, 0.4) is 0 Å². The van der Waals surface area contributed by atoms with Gasteiger partial charge in [-0.2, -0.15) is 4.98 Å². The van der Waals surface area contributed by atoms with E-state index in [2.05, 4.69) is 20.7 Å². The molecule has 1 fully saturated rings. The number of rotatable bonds is 2. The maximum absolute atomic E-state index is 5.90. The maximum atomic E-state index is 5.90. The lowest BCUT2D eigenvalue weighted by atomic mass is 10.1. The standard InChI is InChI=1S/C11H14ClN5/c12-8-1-2-10-15-11(16-17(10)7-8)14-9-3-5-13-6-4-9/h1-2,7,9,13H,3-6H2,(H,14,16). The van der Waals surface area contributed by atoms with Gasteiger partial charge in [-0.05, 0) is 38.1 Å². The SMILES string of the molecule is Clc1ccc2nc(NC3CCNCC3)nn2c1. The summed E-state index contributed by atoms with van der Waals surface area (Å²) in [6.45, 7) is 2.10. The van der Waals surface area contributed by atoms with Gasteiger partial charge in [0.15, 0.2) is 5.65 Å². The van der Waals surface area contributed by atoms with Crippen molar-refractivity contribution in [1.29, 1.82) is 0 Å². The van der Waals surface area contributed by atoms with E-state index in [1.807, 2.05) is 12.1 Å². The largest absolute Gasteiger partial charge is 0.350 e. The molecule has 0 spiro atoms. The molecule has 90 valence electrons. The molecular formula is C11H14ClN5. The summed E-state index contributed by atoms with van der Waals surface area (Å²) in [6.07, 6.45) is 3.98. The highest BCUT2D eigenvalue weighted by Crippen LogP contribution is 2.13. The number of hydrogen-bond acceptors (Lipinski definition) is 4. The molecule has 6 heteroatoms. The summed E-state index contributed by atoms with van der Waals surface area (Å²) >= 11 is 5.90. The molecule has 0 radical (unpaired) electrons. The summed E-state index contributed by atoms with van der Waals surface area (Å²) in [5.74, 6) is 0.680. The fourth-order valence-electron chi connectivity index (χ4n) is 2.07. The van der Waals surface area contributed by atoms with Crippen LogP contribution in [0.25, 0.3) is 5.65 Å². The van der Waals surface area contributed by atoms with Crippen LogP contribution in [0, 0.1) is 0 Å². The van der Waals surface area contributed by atoms with E-state index in [0.717, 1.165) is 31.6 Å². The number of nitrogens with zero attached hydrogens (tertiary/aromatic N) is 3. The van der Waals surface area contributed by atoms with Crippen LogP contribution >= 0.6 is 11.6 Å². The molecule has 2 N–H and O–H groups in total. The number of piperidine rings is 1. The molecule has 0 unspecified atom stereocenters. The number of hydrogen-bond donors (Lipinski definition) is 2. The molecule has 1 saturated heterocycles. The summed E-state index contributed by atoms with van der Waals surface area (Å²) in [5.41, 5.74) is 0.811. The second kappa shape index (κ2) is 4.50. The predicted octanol–water partition coefficient (Wildman–Crippen LogP) is 1.55. The van der Waals surface area contributed by atoms with Crippen molar-refractivity contribution < 1.29 is 0 Å². The van der Waals surface area contributed by atoms with E-state index in [4.69, 9.17) is 11.6 Å². The van der Waals surface area contributed by atoms with Crippen molar-refractivity contribution in [2.75, 3.05) is 18.4 Å². The lowest BCUT2D eigenvalue weighted by Crippen LogP contribution is -2.35. The van der Waals surface area contributed by atoms with Gasteiger partial charge in [-0.3, -0.25) is 0 Å². The van der Waals surface area contributed by atoms with Crippen molar-refractivity contribution in [3.05, 3.63) is 23.4 Å². The minimum atomic E-state index is 0.462. The zero-order valence-corrected chi connectivity index (χ0v) is 10.1. The highest BCUT2D eigenvalue weighted by molar-refractivity contribution is 6.30. The van der Waals surface area contributed by atoms with Crippen LogP contribution in [0.15, 0.2) is 18.3 Å². The van der Waals surface area contributed by atoms with Gasteiger partial charge in [0.1, 0.15) is 0 Å². The van der Waals surface area contributed by atoms with Crippen LogP contribution in [0.5, 0.6) is 0 Å². The third kappa shape index (κ3) is 2.35. The summed E-state index contributed by atoms with van der Waals surface area (Å²) in [4.78, 5) is 4.41. The number of nitrogens with one attached hydrogen (secondary N) is 2. The molecule has 3 rings (SSSR count). The Morgan fingerprint density at radius 1 is 1.35 bits per heavy atom. The summed E-state index contributed by atoms with van der Waals surface area (Å²) in [6, 6.07) is 4.15. The monoisotopic (exact) mass is 251 g/mol. The van der Waals surface area contributed by atoms with Gasteiger partial charge in [-0.1, -0.05) is 11.6 Å². The number of anilines is 1. The van der Waals surface area contributed by atoms with Crippen molar-refractivity contribution in [1.82, 2.24) is 19.9 Å². The van der Waals surface area contributed by atoms with Gasteiger partial charge in [-0.25, -0.2) is 4.52 Å². The van der Waals surface area contributed by atoms with E-state index in [1.54, 1.807) is 10.7 Å². The van der Waals surface area contributed by atoms with Crippen molar-refractivity contribution in [3.8, 4) is 0 Å². The minimum Gasteiger partial charge on any atom is -0.350 e.